The molecule has 1 aromatic rings. The third kappa shape index (κ3) is 4.02. The molecule has 120 valence electrons. The highest BCUT2D eigenvalue weighted by atomic mass is 19.4. The van der Waals surface area contributed by atoms with E-state index in [0.29, 0.717) is 0 Å². The van der Waals surface area contributed by atoms with E-state index in [4.69, 9.17) is 5.73 Å². The van der Waals surface area contributed by atoms with Crippen molar-refractivity contribution in [3.8, 4) is 0 Å². The molecular formula is C12H19F3N4O2. The minimum Gasteiger partial charge on any atom is -0.465 e. The maximum Gasteiger partial charge on any atom is 0.390 e. The summed E-state index contributed by atoms with van der Waals surface area (Å²) >= 11 is 0. The number of esters is 1. The monoisotopic (exact) mass is 308 g/mol. The van der Waals surface area contributed by atoms with Gasteiger partial charge in [-0.05, 0) is 13.8 Å². The Kier molecular flexibility index (Phi) is 5.08. The molecule has 2 N–H and O–H groups in total. The second kappa shape index (κ2) is 6.23. The molecule has 0 radical (unpaired) electrons. The molecule has 0 atom stereocenters. The summed E-state index contributed by atoms with van der Waals surface area (Å²) < 4.78 is 42.9. The van der Waals surface area contributed by atoms with Gasteiger partial charge in [0, 0.05) is 19.6 Å². The van der Waals surface area contributed by atoms with E-state index in [2.05, 4.69) is 9.84 Å². The second-order valence-corrected chi connectivity index (χ2v) is 4.90. The zero-order chi connectivity index (χ0) is 16.4. The first-order valence-corrected chi connectivity index (χ1v) is 6.32. The quantitative estimate of drug-likeness (QED) is 0.844. The molecule has 1 heterocycles. The molecule has 21 heavy (non-hydrogen) atoms. The predicted octanol–water partition coefficient (Wildman–Crippen LogP) is 2.22. The van der Waals surface area contributed by atoms with Gasteiger partial charge in [0.1, 0.15) is 11.4 Å². The lowest BCUT2D eigenvalue weighted by Crippen LogP contribution is -2.26. The van der Waals surface area contributed by atoms with Crippen LogP contribution in [0.3, 0.4) is 0 Å². The van der Waals surface area contributed by atoms with Gasteiger partial charge < -0.3 is 15.4 Å². The number of hydrogen-bond acceptors (Lipinski definition) is 5. The molecule has 0 amide bonds. The largest absolute Gasteiger partial charge is 0.465 e. The molecule has 1 rings (SSSR count). The normalized spacial score (nSPS) is 11.8. The number of halogens is 3. The van der Waals surface area contributed by atoms with Gasteiger partial charge >= 0.3 is 12.1 Å². The minimum atomic E-state index is -4.29. The van der Waals surface area contributed by atoms with Crippen molar-refractivity contribution in [2.75, 3.05) is 31.3 Å². The summed E-state index contributed by atoms with van der Waals surface area (Å²) in [5, 5.41) is 4.13. The van der Waals surface area contributed by atoms with Crippen molar-refractivity contribution in [3.63, 3.8) is 0 Å². The average Bonchev–Trinajstić information content (AvgIpc) is 2.72. The van der Waals surface area contributed by atoms with Crippen LogP contribution in [0.1, 0.15) is 36.7 Å². The fourth-order valence-corrected chi connectivity index (χ4v) is 1.79. The van der Waals surface area contributed by atoms with Crippen molar-refractivity contribution in [2.24, 2.45) is 0 Å². The Hall–Kier alpha value is -1.93. The van der Waals surface area contributed by atoms with Crippen LogP contribution in [-0.4, -0.2) is 42.6 Å². The molecule has 0 aliphatic carbocycles. The Morgan fingerprint density at radius 2 is 2.05 bits per heavy atom. The first-order chi connectivity index (χ1) is 9.58. The van der Waals surface area contributed by atoms with Gasteiger partial charge in [0.05, 0.1) is 13.5 Å². The van der Waals surface area contributed by atoms with Crippen molar-refractivity contribution < 1.29 is 22.7 Å². The van der Waals surface area contributed by atoms with E-state index < -0.39 is 18.6 Å². The number of nitrogen functional groups attached to an aromatic ring is 1. The van der Waals surface area contributed by atoms with E-state index in [-0.39, 0.29) is 29.8 Å². The Bertz CT molecular complexity index is 511. The summed E-state index contributed by atoms with van der Waals surface area (Å²) in [5.74, 6) is -0.573. The number of rotatable bonds is 5. The number of nitrogens with zero attached hydrogens (tertiary/aromatic N) is 3. The number of hydrogen-bond donors (Lipinski definition) is 1. The van der Waals surface area contributed by atoms with Crippen LogP contribution in [0.15, 0.2) is 0 Å². The minimum absolute atomic E-state index is 0.0177. The van der Waals surface area contributed by atoms with E-state index >= 15 is 0 Å². The summed E-state index contributed by atoms with van der Waals surface area (Å²) in [6.45, 7) is 3.26. The van der Waals surface area contributed by atoms with Crippen LogP contribution in [0.5, 0.6) is 0 Å². The van der Waals surface area contributed by atoms with E-state index in [0.717, 1.165) is 0 Å². The lowest BCUT2D eigenvalue weighted by molar-refractivity contribution is -0.132. The maximum atomic E-state index is 12.3. The lowest BCUT2D eigenvalue weighted by atomic mass is 10.2. The topological polar surface area (TPSA) is 73.4 Å². The maximum absolute atomic E-state index is 12.3. The molecule has 0 bridgehead atoms. The molecular weight excluding hydrogens is 289 g/mol. The molecule has 0 saturated heterocycles. The lowest BCUT2D eigenvalue weighted by Gasteiger charge is -2.18. The highest BCUT2D eigenvalue weighted by Gasteiger charge is 2.30. The number of carbonyl (C=O) groups is 1. The molecule has 0 saturated carbocycles. The molecule has 0 aliphatic rings. The van der Waals surface area contributed by atoms with Crippen LogP contribution >= 0.6 is 0 Å². The van der Waals surface area contributed by atoms with Gasteiger partial charge in [-0.3, -0.25) is 0 Å². The summed E-state index contributed by atoms with van der Waals surface area (Å²) in [6, 6.07) is -0.141. The molecule has 0 spiro atoms. The number of nitrogens with two attached hydrogens (primary N) is 1. The van der Waals surface area contributed by atoms with Crippen LogP contribution in [0, 0.1) is 0 Å². The van der Waals surface area contributed by atoms with Crippen LogP contribution in [-0.2, 0) is 4.74 Å². The van der Waals surface area contributed by atoms with E-state index in [1.807, 2.05) is 0 Å². The van der Waals surface area contributed by atoms with Gasteiger partial charge in [-0.2, -0.15) is 18.3 Å². The Labute approximate surface area is 120 Å². The summed E-state index contributed by atoms with van der Waals surface area (Å²) in [7, 11) is 2.60. The van der Waals surface area contributed by atoms with Gasteiger partial charge in [-0.25, -0.2) is 9.48 Å². The Morgan fingerprint density at radius 1 is 1.48 bits per heavy atom. The van der Waals surface area contributed by atoms with Crippen LogP contribution in [0.2, 0.25) is 0 Å². The number of carbonyl (C=O) groups excluding carboxylic acids is 1. The van der Waals surface area contributed by atoms with Gasteiger partial charge in [0.25, 0.3) is 0 Å². The fourth-order valence-electron chi connectivity index (χ4n) is 1.79. The number of ether oxygens (including phenoxy) is 1. The van der Waals surface area contributed by atoms with Crippen LogP contribution in [0.25, 0.3) is 0 Å². The number of methoxy groups -OCH3 is 1. The van der Waals surface area contributed by atoms with Gasteiger partial charge in [0.15, 0.2) is 5.82 Å². The zero-order valence-corrected chi connectivity index (χ0v) is 12.4. The van der Waals surface area contributed by atoms with Crippen molar-refractivity contribution in [2.45, 2.75) is 32.5 Å². The average molecular weight is 308 g/mol. The first-order valence-electron chi connectivity index (χ1n) is 6.32. The molecule has 1 aromatic heterocycles. The van der Waals surface area contributed by atoms with Crippen LogP contribution in [0.4, 0.5) is 24.8 Å². The summed E-state index contributed by atoms with van der Waals surface area (Å²) in [6.07, 6.45) is -5.30. The SMILES string of the molecule is COC(=O)c1c(N(C)CCC(F)(F)F)nn(C(C)C)c1N. The highest BCUT2D eigenvalue weighted by Crippen LogP contribution is 2.29. The van der Waals surface area contributed by atoms with Crippen molar-refractivity contribution in [1.82, 2.24) is 9.78 Å². The highest BCUT2D eigenvalue weighted by molar-refractivity contribution is 5.99. The van der Waals surface area contributed by atoms with Crippen molar-refractivity contribution in [1.29, 1.82) is 0 Å². The fraction of sp³-hybridized carbons (Fsp3) is 0.667. The molecule has 6 nitrogen and oxygen atoms in total. The number of anilines is 2. The summed E-state index contributed by atoms with van der Waals surface area (Å²) in [4.78, 5) is 13.0. The van der Waals surface area contributed by atoms with Crippen molar-refractivity contribution in [3.05, 3.63) is 5.56 Å². The smallest absolute Gasteiger partial charge is 0.390 e. The van der Waals surface area contributed by atoms with Crippen LogP contribution < -0.4 is 10.6 Å². The molecule has 0 aliphatic heterocycles. The first kappa shape index (κ1) is 17.1. The number of alkyl halides is 3. The van der Waals surface area contributed by atoms with Crippen molar-refractivity contribution >= 4 is 17.6 Å². The molecule has 9 heteroatoms. The van der Waals surface area contributed by atoms with Gasteiger partial charge in [0.2, 0.25) is 0 Å². The van der Waals surface area contributed by atoms with Gasteiger partial charge in [-0.1, -0.05) is 0 Å². The Balaban J connectivity index is 3.15. The van der Waals surface area contributed by atoms with E-state index in [1.165, 1.54) is 23.7 Å². The molecule has 0 unspecified atom stereocenters. The molecule has 0 aromatic carbocycles. The van der Waals surface area contributed by atoms with E-state index in [1.54, 1.807) is 13.8 Å². The molecule has 0 fully saturated rings. The third-order valence-electron chi connectivity index (χ3n) is 2.90. The predicted molar refractivity (Wildman–Crippen MR) is 72.3 cm³/mol. The standard InChI is InChI=1S/C12H19F3N4O2/c1-7(2)19-9(16)8(11(20)21-4)10(17-19)18(3)6-5-12(13,14)15/h7H,5-6,16H2,1-4H3. The van der Waals surface area contributed by atoms with Gasteiger partial charge in [-0.15, -0.1) is 0 Å². The number of aromatic nitrogens is 2. The zero-order valence-electron chi connectivity index (χ0n) is 12.4. The van der Waals surface area contributed by atoms with E-state index in [9.17, 15) is 18.0 Å². The summed E-state index contributed by atoms with van der Waals surface area (Å²) in [5.41, 5.74) is 5.83. The Morgan fingerprint density at radius 3 is 2.48 bits per heavy atom. The second-order valence-electron chi connectivity index (χ2n) is 4.90. The third-order valence-corrected chi connectivity index (χ3v) is 2.90.